The zero-order valence-electron chi connectivity index (χ0n) is 10.9. The maximum absolute atomic E-state index is 11.4. The summed E-state index contributed by atoms with van der Waals surface area (Å²) >= 11 is 0. The largest absolute Gasteiger partial charge is 1.00 e. The van der Waals surface area contributed by atoms with Gasteiger partial charge in [0, 0.05) is 0 Å². The molecule has 1 fully saturated rings. The van der Waals surface area contributed by atoms with Crippen molar-refractivity contribution >= 4 is 17.8 Å². The van der Waals surface area contributed by atoms with E-state index in [9.17, 15) is 14.4 Å². The van der Waals surface area contributed by atoms with Gasteiger partial charge in [-0.25, -0.2) is 10.3 Å². The van der Waals surface area contributed by atoms with Crippen LogP contribution in [0.1, 0.15) is 21.2 Å². The number of nitrogens with one attached hydrogen (secondary N) is 2. The second-order valence-electron chi connectivity index (χ2n) is 3.59. The number of carbonyl (C=O) groups is 3. The number of amides is 1. The van der Waals surface area contributed by atoms with Gasteiger partial charge in [0.1, 0.15) is 12.0 Å². The molecule has 0 bridgehead atoms. The van der Waals surface area contributed by atoms with E-state index < -0.39 is 29.8 Å². The molecule has 1 aliphatic rings. The summed E-state index contributed by atoms with van der Waals surface area (Å²) in [4.78, 5) is 33.5. The summed E-state index contributed by atoms with van der Waals surface area (Å²) in [6.45, 7) is 1.95. The molecule has 1 rings (SSSR count). The Kier molecular flexibility index (Phi) is 7.56. The third-order valence-corrected chi connectivity index (χ3v) is 2.40. The molecular formula is C9H15N2NaO5. The Hall–Kier alpha value is -0.470. The first kappa shape index (κ1) is 16.5. The first-order valence-electron chi connectivity index (χ1n) is 4.99. The molecule has 3 N–H and O–H groups in total. The van der Waals surface area contributed by atoms with Crippen molar-refractivity contribution in [3.63, 3.8) is 0 Å². The molecule has 0 spiro atoms. The molecule has 17 heavy (non-hydrogen) atoms. The molecule has 0 aromatic rings. The van der Waals surface area contributed by atoms with E-state index in [0.29, 0.717) is 13.0 Å². The second-order valence-corrected chi connectivity index (χ2v) is 3.59. The Morgan fingerprint density at radius 2 is 2.18 bits per heavy atom. The van der Waals surface area contributed by atoms with Crippen molar-refractivity contribution < 1.29 is 55.3 Å². The molecule has 1 unspecified atom stereocenters. The van der Waals surface area contributed by atoms with E-state index in [2.05, 4.69) is 10.1 Å². The number of ether oxygens (including phenoxy) is 1. The molecule has 0 aromatic carbocycles. The number of hydrogen-bond donors (Lipinski definition) is 3. The van der Waals surface area contributed by atoms with E-state index in [-0.39, 0.29) is 31.0 Å². The summed E-state index contributed by atoms with van der Waals surface area (Å²) in [7, 11) is 0. The van der Waals surface area contributed by atoms with Crippen LogP contribution in [0.3, 0.4) is 0 Å². The normalized spacial score (nSPS) is 20.0. The molecule has 0 saturated carbocycles. The van der Waals surface area contributed by atoms with Gasteiger partial charge in [-0.15, -0.1) is 0 Å². The summed E-state index contributed by atoms with van der Waals surface area (Å²) < 4.78 is 4.51. The van der Waals surface area contributed by atoms with Gasteiger partial charge in [-0.3, -0.25) is 14.8 Å². The SMILES string of the molecule is CC(C(=O)NO)C(=O)OC(=O)[C@@H]1CCCN1.[H-].[Na+]. The Labute approximate surface area is 122 Å². The fourth-order valence-corrected chi connectivity index (χ4v) is 1.35. The Morgan fingerprint density at radius 3 is 2.65 bits per heavy atom. The molecule has 7 nitrogen and oxygen atoms in total. The van der Waals surface area contributed by atoms with E-state index in [4.69, 9.17) is 5.21 Å². The number of rotatable bonds is 3. The molecule has 1 aliphatic heterocycles. The zero-order chi connectivity index (χ0) is 12.1. The van der Waals surface area contributed by atoms with Crippen LogP contribution in [-0.4, -0.2) is 35.6 Å². The van der Waals surface area contributed by atoms with Crippen LogP contribution in [0.25, 0.3) is 0 Å². The number of hydrogen-bond acceptors (Lipinski definition) is 6. The first-order chi connectivity index (χ1) is 7.56. The number of hydroxylamine groups is 1. The van der Waals surface area contributed by atoms with Crippen LogP contribution < -0.4 is 40.4 Å². The van der Waals surface area contributed by atoms with Crippen LogP contribution in [0.2, 0.25) is 0 Å². The summed E-state index contributed by atoms with van der Waals surface area (Å²) in [5.41, 5.74) is 1.32. The van der Waals surface area contributed by atoms with E-state index in [0.717, 1.165) is 6.42 Å². The van der Waals surface area contributed by atoms with E-state index in [1.165, 1.54) is 12.4 Å². The van der Waals surface area contributed by atoms with Gasteiger partial charge in [-0.1, -0.05) is 0 Å². The van der Waals surface area contributed by atoms with E-state index >= 15 is 0 Å². The Morgan fingerprint density at radius 1 is 1.53 bits per heavy atom. The first-order valence-corrected chi connectivity index (χ1v) is 4.99. The van der Waals surface area contributed by atoms with Gasteiger partial charge in [0.2, 0.25) is 0 Å². The minimum Gasteiger partial charge on any atom is -1.00 e. The maximum atomic E-state index is 11.4. The fraction of sp³-hybridized carbons (Fsp3) is 0.667. The molecule has 0 aliphatic carbocycles. The molecule has 1 heterocycles. The number of esters is 2. The van der Waals surface area contributed by atoms with E-state index in [1.807, 2.05) is 0 Å². The summed E-state index contributed by atoms with van der Waals surface area (Å²) in [5, 5.41) is 11.2. The monoisotopic (exact) mass is 254 g/mol. The quantitative estimate of drug-likeness (QED) is 0.156. The molecule has 92 valence electrons. The topological polar surface area (TPSA) is 105 Å². The minimum atomic E-state index is -1.21. The smallest absolute Gasteiger partial charge is 1.00 e. The van der Waals surface area contributed by atoms with Crippen LogP contribution in [0.5, 0.6) is 0 Å². The van der Waals surface area contributed by atoms with Crippen molar-refractivity contribution in [2.45, 2.75) is 25.8 Å². The van der Waals surface area contributed by atoms with Crippen LogP contribution in [0.4, 0.5) is 0 Å². The van der Waals surface area contributed by atoms with Crippen molar-refractivity contribution in [3.8, 4) is 0 Å². The van der Waals surface area contributed by atoms with Crippen molar-refractivity contribution in [1.82, 2.24) is 10.8 Å². The zero-order valence-corrected chi connectivity index (χ0v) is 11.9. The van der Waals surface area contributed by atoms with E-state index in [1.54, 1.807) is 0 Å². The average molecular weight is 254 g/mol. The van der Waals surface area contributed by atoms with Crippen molar-refractivity contribution in [2.24, 2.45) is 5.92 Å². The molecule has 1 saturated heterocycles. The second kappa shape index (κ2) is 7.78. The third kappa shape index (κ3) is 4.72. The predicted molar refractivity (Wildman–Crippen MR) is 52.3 cm³/mol. The predicted octanol–water partition coefficient (Wildman–Crippen LogP) is -3.93. The van der Waals surface area contributed by atoms with Gasteiger partial charge in [-0.2, -0.15) is 0 Å². The molecule has 0 aromatic heterocycles. The third-order valence-electron chi connectivity index (χ3n) is 2.40. The van der Waals surface area contributed by atoms with Gasteiger partial charge in [-0.05, 0) is 26.3 Å². The Balaban J connectivity index is 0. The van der Waals surface area contributed by atoms with Gasteiger partial charge in [0.05, 0.1) is 0 Å². The van der Waals surface area contributed by atoms with Crippen LogP contribution in [0.15, 0.2) is 0 Å². The summed E-state index contributed by atoms with van der Waals surface area (Å²) in [6.07, 6.45) is 1.47. The van der Waals surface area contributed by atoms with Gasteiger partial charge < -0.3 is 11.5 Å². The molecular weight excluding hydrogens is 239 g/mol. The van der Waals surface area contributed by atoms with Crippen LogP contribution in [0, 0.1) is 5.92 Å². The van der Waals surface area contributed by atoms with Crippen molar-refractivity contribution in [1.29, 1.82) is 0 Å². The summed E-state index contributed by atoms with van der Waals surface area (Å²) in [6, 6.07) is -0.478. The van der Waals surface area contributed by atoms with Crippen molar-refractivity contribution in [2.75, 3.05) is 6.54 Å². The van der Waals surface area contributed by atoms with Crippen LogP contribution >= 0.6 is 0 Å². The number of carbonyl (C=O) groups excluding carboxylic acids is 3. The average Bonchev–Trinajstić information content (AvgIpc) is 2.80. The maximum Gasteiger partial charge on any atom is 1.00 e. The standard InChI is InChI=1S/C9H14N2O5.Na.H/c1-5(7(12)11-15)8(13)16-9(14)6-3-2-4-10-6;;/h5-6,10,15H,2-4H2,1H3,(H,11,12);;/q;+1;-1/t5?,6-;;/m0../s1. The fourth-order valence-electron chi connectivity index (χ4n) is 1.35. The minimum absolute atomic E-state index is 0. The molecule has 1 amide bonds. The van der Waals surface area contributed by atoms with Gasteiger partial charge in [0.15, 0.2) is 0 Å². The summed E-state index contributed by atoms with van der Waals surface area (Å²) in [5.74, 6) is -3.77. The van der Waals surface area contributed by atoms with Crippen LogP contribution in [-0.2, 0) is 19.1 Å². The van der Waals surface area contributed by atoms with Gasteiger partial charge in [0.25, 0.3) is 5.91 Å². The molecule has 0 radical (unpaired) electrons. The van der Waals surface area contributed by atoms with Crippen molar-refractivity contribution in [3.05, 3.63) is 0 Å². The Bertz CT molecular complexity index is 309. The molecule has 2 atom stereocenters. The molecule has 8 heteroatoms. The van der Waals surface area contributed by atoms with Gasteiger partial charge >= 0.3 is 41.5 Å².